The molecule has 0 aliphatic carbocycles. The van der Waals surface area contributed by atoms with Gasteiger partial charge in [0.25, 0.3) is 0 Å². The van der Waals surface area contributed by atoms with E-state index in [0.29, 0.717) is 15.8 Å². The molecule has 0 fully saturated rings. The molecule has 0 saturated carbocycles. The highest BCUT2D eigenvalue weighted by Gasteiger charge is 2.10. The molecule has 9 heteroatoms. The largest absolute Gasteiger partial charge is 0.326 e. The normalized spacial score (nSPS) is 10.6. The third-order valence-electron chi connectivity index (χ3n) is 4.66. The van der Waals surface area contributed by atoms with Crippen molar-refractivity contribution in [2.75, 3.05) is 16.4 Å². The second-order valence-corrected chi connectivity index (χ2v) is 10.5. The second kappa shape index (κ2) is 11.7. The zero-order valence-electron chi connectivity index (χ0n) is 17.8. The van der Waals surface area contributed by atoms with E-state index in [2.05, 4.69) is 31.5 Å². The van der Waals surface area contributed by atoms with Crippen molar-refractivity contribution >= 4 is 73.3 Å². The van der Waals surface area contributed by atoms with Gasteiger partial charge in [0.15, 0.2) is 5.13 Å². The average molecular weight is 573 g/mol. The van der Waals surface area contributed by atoms with E-state index >= 15 is 0 Å². The number of carbonyl (C=O) groups is 2. The standard InChI is InChI=1S/C25H19BrClN3O2S2/c26-18-8-6-17(7-9-18)22-14-34-25(29-22)30-24(32)15-33-21-3-1-2-20(13-21)28-23(31)12-16-4-10-19(27)11-5-16/h1-11,13-14H,12,15H2,(H,28,31)(H,29,30,32). The number of aromatic nitrogens is 1. The van der Waals surface area contributed by atoms with Gasteiger partial charge in [0.1, 0.15) is 0 Å². The quantitative estimate of drug-likeness (QED) is 0.220. The lowest BCUT2D eigenvalue weighted by Gasteiger charge is -2.08. The van der Waals surface area contributed by atoms with Gasteiger partial charge >= 0.3 is 0 Å². The van der Waals surface area contributed by atoms with Crippen molar-refractivity contribution in [1.29, 1.82) is 0 Å². The van der Waals surface area contributed by atoms with E-state index in [1.165, 1.54) is 23.1 Å². The highest BCUT2D eigenvalue weighted by molar-refractivity contribution is 9.10. The molecule has 5 nitrogen and oxygen atoms in total. The van der Waals surface area contributed by atoms with Crippen molar-refractivity contribution in [3.63, 3.8) is 0 Å². The number of rotatable bonds is 8. The molecular formula is C25H19BrClN3O2S2. The maximum Gasteiger partial charge on any atom is 0.236 e. The summed E-state index contributed by atoms with van der Waals surface area (Å²) in [4.78, 5) is 30.1. The summed E-state index contributed by atoms with van der Waals surface area (Å²) in [6.07, 6.45) is 0.257. The van der Waals surface area contributed by atoms with Crippen molar-refractivity contribution in [2.24, 2.45) is 0 Å². The molecule has 0 atom stereocenters. The number of hydrogen-bond donors (Lipinski definition) is 2. The van der Waals surface area contributed by atoms with Gasteiger partial charge in [-0.2, -0.15) is 0 Å². The number of nitrogens with one attached hydrogen (secondary N) is 2. The summed E-state index contributed by atoms with van der Waals surface area (Å²) in [5.74, 6) is -0.0264. The molecule has 0 aliphatic rings. The number of thioether (sulfide) groups is 1. The highest BCUT2D eigenvalue weighted by Crippen LogP contribution is 2.27. The molecule has 0 aliphatic heterocycles. The molecule has 34 heavy (non-hydrogen) atoms. The zero-order valence-corrected chi connectivity index (χ0v) is 21.7. The minimum atomic E-state index is -0.140. The SMILES string of the molecule is O=C(Cc1ccc(Cl)cc1)Nc1cccc(SCC(=O)Nc2nc(-c3ccc(Br)cc3)cs2)c1. The molecule has 0 spiro atoms. The predicted molar refractivity (Wildman–Crippen MR) is 145 cm³/mol. The van der Waals surface area contributed by atoms with Crippen LogP contribution in [-0.2, 0) is 16.0 Å². The van der Waals surface area contributed by atoms with Crippen molar-refractivity contribution < 1.29 is 9.59 Å². The molecule has 3 aromatic carbocycles. The molecule has 0 bridgehead atoms. The van der Waals surface area contributed by atoms with E-state index in [-0.39, 0.29) is 24.0 Å². The fraction of sp³-hybridized carbons (Fsp3) is 0.0800. The molecule has 4 rings (SSSR count). The first-order valence-corrected chi connectivity index (χ1v) is 13.3. The molecule has 2 amide bonds. The van der Waals surface area contributed by atoms with Gasteiger partial charge in [0.2, 0.25) is 11.8 Å². The van der Waals surface area contributed by atoms with Crippen LogP contribution in [0.5, 0.6) is 0 Å². The highest BCUT2D eigenvalue weighted by atomic mass is 79.9. The lowest BCUT2D eigenvalue weighted by molar-refractivity contribution is -0.115. The van der Waals surface area contributed by atoms with Crippen LogP contribution in [0.4, 0.5) is 10.8 Å². The Bertz CT molecular complexity index is 1290. The van der Waals surface area contributed by atoms with Gasteiger partial charge in [-0.1, -0.05) is 57.9 Å². The Kier molecular flexibility index (Phi) is 8.39. The Labute approximate surface area is 219 Å². The molecule has 0 saturated heterocycles. The summed E-state index contributed by atoms with van der Waals surface area (Å²) < 4.78 is 1.00. The molecule has 4 aromatic rings. The summed E-state index contributed by atoms with van der Waals surface area (Å²) in [7, 11) is 0. The smallest absolute Gasteiger partial charge is 0.236 e. The summed E-state index contributed by atoms with van der Waals surface area (Å²) >= 11 is 12.1. The molecule has 172 valence electrons. The number of amides is 2. The van der Waals surface area contributed by atoms with Gasteiger partial charge in [0.05, 0.1) is 17.9 Å². The maximum absolute atomic E-state index is 12.4. The summed E-state index contributed by atoms with van der Waals surface area (Å²) in [6, 6.07) is 22.5. The average Bonchev–Trinajstić information content (AvgIpc) is 3.28. The van der Waals surface area contributed by atoms with E-state index in [1.54, 1.807) is 12.1 Å². The number of carbonyl (C=O) groups excluding carboxylic acids is 2. The summed E-state index contributed by atoms with van der Waals surface area (Å²) in [6.45, 7) is 0. The van der Waals surface area contributed by atoms with E-state index < -0.39 is 0 Å². The van der Waals surface area contributed by atoms with E-state index in [9.17, 15) is 9.59 Å². The third kappa shape index (κ3) is 7.17. The van der Waals surface area contributed by atoms with Crippen LogP contribution in [0.3, 0.4) is 0 Å². The second-order valence-electron chi connectivity index (χ2n) is 7.26. The van der Waals surface area contributed by atoms with Gasteiger partial charge in [-0.25, -0.2) is 4.98 Å². The van der Waals surface area contributed by atoms with Crippen LogP contribution in [0.25, 0.3) is 11.3 Å². The Morgan fingerprint density at radius 1 is 0.971 bits per heavy atom. The fourth-order valence-corrected chi connectivity index (χ4v) is 4.93. The Balaban J connectivity index is 1.28. The fourth-order valence-electron chi connectivity index (χ4n) is 3.05. The Morgan fingerprint density at radius 3 is 2.50 bits per heavy atom. The minimum Gasteiger partial charge on any atom is -0.326 e. The van der Waals surface area contributed by atoms with Gasteiger partial charge in [-0.15, -0.1) is 23.1 Å². The predicted octanol–water partition coefficient (Wildman–Crippen LogP) is 7.14. The van der Waals surface area contributed by atoms with E-state index in [4.69, 9.17) is 11.6 Å². The third-order valence-corrected chi connectivity index (χ3v) is 7.19. The molecule has 2 N–H and O–H groups in total. The summed E-state index contributed by atoms with van der Waals surface area (Å²) in [5.41, 5.74) is 3.38. The first-order chi connectivity index (χ1) is 16.4. The Morgan fingerprint density at radius 2 is 1.74 bits per heavy atom. The van der Waals surface area contributed by atoms with E-state index in [1.807, 2.05) is 66.0 Å². The van der Waals surface area contributed by atoms with Crippen LogP contribution < -0.4 is 10.6 Å². The van der Waals surface area contributed by atoms with Crippen LogP contribution in [0, 0.1) is 0 Å². The first-order valence-electron chi connectivity index (χ1n) is 10.2. The number of thiazole rings is 1. The summed E-state index contributed by atoms with van der Waals surface area (Å²) in [5, 5.41) is 8.87. The van der Waals surface area contributed by atoms with Crippen molar-refractivity contribution in [1.82, 2.24) is 4.98 Å². The number of nitrogens with zero attached hydrogens (tertiary/aromatic N) is 1. The molecule has 0 radical (unpaired) electrons. The number of halogens is 2. The Hall–Kier alpha value is -2.65. The van der Waals surface area contributed by atoms with Gasteiger partial charge < -0.3 is 10.6 Å². The number of hydrogen-bond acceptors (Lipinski definition) is 5. The van der Waals surface area contributed by atoms with E-state index in [0.717, 1.165) is 26.2 Å². The maximum atomic E-state index is 12.4. The van der Waals surface area contributed by atoms with Crippen LogP contribution in [0.1, 0.15) is 5.56 Å². The molecular weight excluding hydrogens is 554 g/mol. The van der Waals surface area contributed by atoms with Gasteiger partial charge in [0, 0.05) is 31.0 Å². The lowest BCUT2D eigenvalue weighted by atomic mass is 10.1. The minimum absolute atomic E-state index is 0.118. The van der Waals surface area contributed by atoms with Crippen molar-refractivity contribution in [3.05, 3.63) is 93.2 Å². The molecule has 1 heterocycles. The molecule has 0 unspecified atom stereocenters. The van der Waals surface area contributed by atoms with Crippen LogP contribution in [0.15, 0.2) is 87.5 Å². The van der Waals surface area contributed by atoms with Gasteiger partial charge in [-0.05, 0) is 48.0 Å². The lowest BCUT2D eigenvalue weighted by Crippen LogP contribution is -2.15. The zero-order chi connectivity index (χ0) is 23.9. The van der Waals surface area contributed by atoms with Crippen molar-refractivity contribution in [3.8, 4) is 11.3 Å². The monoisotopic (exact) mass is 571 g/mol. The van der Waals surface area contributed by atoms with Crippen molar-refractivity contribution in [2.45, 2.75) is 11.3 Å². The first kappa shape index (κ1) is 24.5. The van der Waals surface area contributed by atoms with Crippen LogP contribution in [-0.4, -0.2) is 22.6 Å². The van der Waals surface area contributed by atoms with Gasteiger partial charge in [-0.3, -0.25) is 9.59 Å². The van der Waals surface area contributed by atoms with Crippen LogP contribution >= 0.6 is 50.6 Å². The number of anilines is 2. The molecule has 1 aromatic heterocycles. The number of benzene rings is 3. The van der Waals surface area contributed by atoms with Crippen LogP contribution in [0.2, 0.25) is 5.02 Å². The topological polar surface area (TPSA) is 71.1 Å².